The number of benzene rings is 1. The first-order valence-electron chi connectivity index (χ1n) is 6.79. The lowest BCUT2D eigenvalue weighted by atomic mass is 10.1. The summed E-state index contributed by atoms with van der Waals surface area (Å²) in [4.78, 5) is 7.75. The van der Waals surface area contributed by atoms with E-state index in [2.05, 4.69) is 29.2 Å². The molecule has 4 heteroatoms. The summed E-state index contributed by atoms with van der Waals surface area (Å²) in [5, 5.41) is 4.21. The van der Waals surface area contributed by atoms with Crippen molar-refractivity contribution in [3.63, 3.8) is 0 Å². The van der Waals surface area contributed by atoms with Gasteiger partial charge in [0.15, 0.2) is 0 Å². The summed E-state index contributed by atoms with van der Waals surface area (Å²) in [6.07, 6.45) is 4.46. The van der Waals surface area contributed by atoms with Gasteiger partial charge in [0.1, 0.15) is 6.10 Å². The van der Waals surface area contributed by atoms with Crippen LogP contribution in [0.25, 0.3) is 0 Å². The maximum atomic E-state index is 5.53. The van der Waals surface area contributed by atoms with E-state index in [9.17, 15) is 0 Å². The molecule has 2 aromatic rings. The molecule has 1 aromatic carbocycles. The molecule has 4 nitrogen and oxygen atoms in total. The van der Waals surface area contributed by atoms with Crippen LogP contribution in [0.4, 0.5) is 0 Å². The molecular weight excluding hydrogens is 252 g/mol. The molecule has 0 saturated carbocycles. The fourth-order valence-corrected chi connectivity index (χ4v) is 2.43. The van der Waals surface area contributed by atoms with Gasteiger partial charge < -0.3 is 9.25 Å². The number of nitrogens with zero attached hydrogens (tertiary/aromatic N) is 2. The lowest BCUT2D eigenvalue weighted by molar-refractivity contribution is 0.0576. The van der Waals surface area contributed by atoms with Crippen LogP contribution in [-0.2, 0) is 11.4 Å². The highest BCUT2D eigenvalue weighted by Gasteiger charge is 2.23. The van der Waals surface area contributed by atoms with Crippen molar-refractivity contribution >= 4 is 5.71 Å². The van der Waals surface area contributed by atoms with E-state index in [1.165, 1.54) is 5.56 Å². The van der Waals surface area contributed by atoms with Crippen LogP contribution in [0, 0.1) is 0 Å². The largest absolute Gasteiger partial charge is 0.472 e. The Labute approximate surface area is 118 Å². The zero-order valence-corrected chi connectivity index (χ0v) is 11.5. The maximum absolute atomic E-state index is 5.53. The SMILES string of the molecule is CN(Cc1ccoc1)C[C@H]1CC(c2ccccc2)=NO1. The van der Waals surface area contributed by atoms with E-state index in [0.29, 0.717) is 0 Å². The quantitative estimate of drug-likeness (QED) is 0.838. The molecule has 1 atom stereocenters. The first kappa shape index (κ1) is 12.9. The van der Waals surface area contributed by atoms with E-state index in [1.807, 2.05) is 24.3 Å². The highest BCUT2D eigenvalue weighted by molar-refractivity contribution is 6.01. The summed E-state index contributed by atoms with van der Waals surface area (Å²) in [6, 6.07) is 12.2. The third kappa shape index (κ3) is 3.08. The molecular formula is C16H18N2O2. The Morgan fingerprint density at radius 3 is 2.85 bits per heavy atom. The van der Waals surface area contributed by atoms with Crippen molar-refractivity contribution in [2.75, 3.05) is 13.6 Å². The predicted octanol–water partition coefficient (Wildman–Crippen LogP) is 2.90. The molecule has 1 aliphatic rings. The number of rotatable bonds is 5. The maximum Gasteiger partial charge on any atom is 0.145 e. The van der Waals surface area contributed by atoms with Crippen molar-refractivity contribution < 1.29 is 9.25 Å². The van der Waals surface area contributed by atoms with E-state index < -0.39 is 0 Å². The van der Waals surface area contributed by atoms with Gasteiger partial charge in [0, 0.05) is 25.1 Å². The third-order valence-corrected chi connectivity index (χ3v) is 3.39. The fraction of sp³-hybridized carbons (Fsp3) is 0.312. The van der Waals surface area contributed by atoms with E-state index >= 15 is 0 Å². The molecule has 0 saturated heterocycles. The van der Waals surface area contributed by atoms with Crippen molar-refractivity contribution in [1.29, 1.82) is 0 Å². The second kappa shape index (κ2) is 5.92. The number of hydrogen-bond donors (Lipinski definition) is 0. The molecule has 1 aromatic heterocycles. The molecule has 0 spiro atoms. The third-order valence-electron chi connectivity index (χ3n) is 3.39. The van der Waals surface area contributed by atoms with Gasteiger partial charge in [0.25, 0.3) is 0 Å². The Hall–Kier alpha value is -2.07. The first-order valence-corrected chi connectivity index (χ1v) is 6.79. The minimum absolute atomic E-state index is 0.127. The molecule has 0 N–H and O–H groups in total. The standard InChI is InChI=1S/C16H18N2O2/c1-18(10-13-7-8-19-12-13)11-15-9-16(17-20-15)14-5-3-2-4-6-14/h2-8,12,15H,9-11H2,1H3/t15-/m1/s1. The van der Waals surface area contributed by atoms with Gasteiger partial charge in [-0.1, -0.05) is 35.5 Å². The van der Waals surface area contributed by atoms with E-state index in [-0.39, 0.29) is 6.10 Å². The zero-order chi connectivity index (χ0) is 13.8. The number of oxime groups is 1. The van der Waals surface area contributed by atoms with Gasteiger partial charge in [-0.05, 0) is 18.7 Å². The van der Waals surface area contributed by atoms with Gasteiger partial charge in [-0.2, -0.15) is 0 Å². The lowest BCUT2D eigenvalue weighted by Gasteiger charge is -2.18. The highest BCUT2D eigenvalue weighted by atomic mass is 16.6. The van der Waals surface area contributed by atoms with Crippen molar-refractivity contribution in [2.24, 2.45) is 5.16 Å². The fourth-order valence-electron chi connectivity index (χ4n) is 2.43. The van der Waals surface area contributed by atoms with Crippen LogP contribution < -0.4 is 0 Å². The molecule has 0 aliphatic carbocycles. The van der Waals surface area contributed by atoms with Crippen LogP contribution in [0.3, 0.4) is 0 Å². The van der Waals surface area contributed by atoms with E-state index in [0.717, 1.165) is 30.8 Å². The normalized spacial score (nSPS) is 18.1. The lowest BCUT2D eigenvalue weighted by Crippen LogP contribution is -2.28. The molecule has 2 heterocycles. The first-order chi connectivity index (χ1) is 9.81. The van der Waals surface area contributed by atoms with Crippen molar-refractivity contribution in [3.05, 3.63) is 60.1 Å². The molecule has 1 aliphatic heterocycles. The zero-order valence-electron chi connectivity index (χ0n) is 11.5. The van der Waals surface area contributed by atoms with Crippen molar-refractivity contribution in [1.82, 2.24) is 4.90 Å². The van der Waals surface area contributed by atoms with Gasteiger partial charge >= 0.3 is 0 Å². The van der Waals surface area contributed by atoms with E-state index in [1.54, 1.807) is 12.5 Å². The summed E-state index contributed by atoms with van der Waals surface area (Å²) in [6.45, 7) is 1.71. The Kier molecular flexibility index (Phi) is 3.83. The monoisotopic (exact) mass is 270 g/mol. The highest BCUT2D eigenvalue weighted by Crippen LogP contribution is 2.17. The second-order valence-corrected chi connectivity index (χ2v) is 5.16. The number of hydrogen-bond acceptors (Lipinski definition) is 4. The Morgan fingerprint density at radius 1 is 1.25 bits per heavy atom. The molecule has 0 radical (unpaired) electrons. The summed E-state index contributed by atoms with van der Waals surface area (Å²) in [5.74, 6) is 0. The Balaban J connectivity index is 1.52. The Bertz CT molecular complexity index is 563. The minimum Gasteiger partial charge on any atom is -0.472 e. The molecule has 104 valence electrons. The smallest absolute Gasteiger partial charge is 0.145 e. The van der Waals surface area contributed by atoms with Gasteiger partial charge in [-0.25, -0.2) is 0 Å². The molecule has 20 heavy (non-hydrogen) atoms. The molecule has 0 unspecified atom stereocenters. The van der Waals surface area contributed by atoms with Gasteiger partial charge in [0.2, 0.25) is 0 Å². The summed E-state index contributed by atoms with van der Waals surface area (Å²) >= 11 is 0. The summed E-state index contributed by atoms with van der Waals surface area (Å²) in [5.41, 5.74) is 3.36. The van der Waals surface area contributed by atoms with Crippen LogP contribution in [-0.4, -0.2) is 30.3 Å². The number of likely N-dealkylation sites (N-methyl/N-ethyl adjacent to an activating group) is 1. The summed E-state index contributed by atoms with van der Waals surface area (Å²) < 4.78 is 5.08. The van der Waals surface area contributed by atoms with Crippen molar-refractivity contribution in [2.45, 2.75) is 19.1 Å². The van der Waals surface area contributed by atoms with Crippen LogP contribution in [0.2, 0.25) is 0 Å². The Morgan fingerprint density at radius 2 is 2.10 bits per heavy atom. The van der Waals surface area contributed by atoms with Crippen LogP contribution in [0.5, 0.6) is 0 Å². The van der Waals surface area contributed by atoms with Crippen LogP contribution >= 0.6 is 0 Å². The van der Waals surface area contributed by atoms with Gasteiger partial charge in [-0.15, -0.1) is 0 Å². The minimum atomic E-state index is 0.127. The molecule has 3 rings (SSSR count). The average Bonchev–Trinajstić information content (AvgIpc) is 3.11. The van der Waals surface area contributed by atoms with Gasteiger partial charge in [0.05, 0.1) is 18.2 Å². The second-order valence-electron chi connectivity index (χ2n) is 5.16. The summed E-state index contributed by atoms with van der Waals surface area (Å²) in [7, 11) is 2.08. The number of furan rings is 1. The van der Waals surface area contributed by atoms with Crippen LogP contribution in [0.1, 0.15) is 17.5 Å². The topological polar surface area (TPSA) is 38.0 Å². The molecule has 0 fully saturated rings. The van der Waals surface area contributed by atoms with Crippen LogP contribution in [0.15, 0.2) is 58.5 Å². The van der Waals surface area contributed by atoms with E-state index in [4.69, 9.17) is 9.25 Å². The predicted molar refractivity (Wildman–Crippen MR) is 77.5 cm³/mol. The van der Waals surface area contributed by atoms with Gasteiger partial charge in [-0.3, -0.25) is 4.90 Å². The molecule has 0 amide bonds. The van der Waals surface area contributed by atoms with Crippen molar-refractivity contribution in [3.8, 4) is 0 Å². The average molecular weight is 270 g/mol. The molecule has 0 bridgehead atoms.